The number of aromatic nitrogens is 2. The van der Waals surface area contributed by atoms with Crippen molar-refractivity contribution in [3.63, 3.8) is 0 Å². The molecule has 3 heteroatoms. The molecule has 2 aromatic heterocycles. The van der Waals surface area contributed by atoms with Gasteiger partial charge in [-0.15, -0.1) is 0 Å². The summed E-state index contributed by atoms with van der Waals surface area (Å²) in [4.78, 5) is 10.6. The molecule has 10 aromatic rings. The van der Waals surface area contributed by atoms with Crippen LogP contribution in [0.15, 0.2) is 186 Å². The van der Waals surface area contributed by atoms with Crippen LogP contribution in [0.5, 0.6) is 0 Å². The molecule has 51 heavy (non-hydrogen) atoms. The number of nitrogens with zero attached hydrogens (tertiary/aromatic N) is 2. The zero-order valence-corrected chi connectivity index (χ0v) is 27.6. The van der Waals surface area contributed by atoms with Crippen molar-refractivity contribution in [3.05, 3.63) is 182 Å². The van der Waals surface area contributed by atoms with Crippen LogP contribution in [0.1, 0.15) is 0 Å². The first-order chi connectivity index (χ1) is 25.2. The molecule has 0 aliphatic heterocycles. The number of hydrogen-bond donors (Lipinski definition) is 0. The van der Waals surface area contributed by atoms with Crippen LogP contribution in [0.2, 0.25) is 0 Å². The maximum atomic E-state index is 6.28. The summed E-state index contributed by atoms with van der Waals surface area (Å²) in [5.41, 5.74) is 8.99. The van der Waals surface area contributed by atoms with E-state index in [0.717, 1.165) is 61.3 Å². The van der Waals surface area contributed by atoms with E-state index in [-0.39, 0.29) is 0 Å². The van der Waals surface area contributed by atoms with Crippen molar-refractivity contribution in [1.82, 2.24) is 9.97 Å². The summed E-state index contributed by atoms with van der Waals surface area (Å²) < 4.78 is 6.28. The second-order valence-corrected chi connectivity index (χ2v) is 13.0. The molecule has 0 N–H and O–H groups in total. The van der Waals surface area contributed by atoms with Gasteiger partial charge >= 0.3 is 0 Å². The average Bonchev–Trinajstić information content (AvgIpc) is 3.65. The quantitative estimate of drug-likeness (QED) is 0.137. The van der Waals surface area contributed by atoms with Crippen LogP contribution in [-0.4, -0.2) is 9.97 Å². The number of furan rings is 1. The van der Waals surface area contributed by atoms with Crippen LogP contribution in [0.3, 0.4) is 0 Å². The molecule has 10 rings (SSSR count). The molecular weight excluding hydrogens is 621 g/mol. The molecule has 3 nitrogen and oxygen atoms in total. The fraction of sp³-hybridized carbons (Fsp3) is 0. The number of para-hydroxylation sites is 1. The Morgan fingerprint density at radius 2 is 0.980 bits per heavy atom. The monoisotopic (exact) mass is 650 g/mol. The largest absolute Gasteiger partial charge is 0.456 e. The van der Waals surface area contributed by atoms with Gasteiger partial charge in [-0.25, -0.2) is 9.97 Å². The minimum Gasteiger partial charge on any atom is -0.456 e. The van der Waals surface area contributed by atoms with E-state index in [1.54, 1.807) is 0 Å². The van der Waals surface area contributed by atoms with Crippen molar-refractivity contribution in [2.75, 3.05) is 0 Å². The summed E-state index contributed by atoms with van der Waals surface area (Å²) in [6.07, 6.45) is 0. The molecule has 0 aliphatic carbocycles. The summed E-state index contributed by atoms with van der Waals surface area (Å²) in [5.74, 6) is 1.51. The summed E-state index contributed by atoms with van der Waals surface area (Å²) in [6, 6.07) is 63.9. The molecule has 0 radical (unpaired) electrons. The van der Waals surface area contributed by atoms with E-state index in [0.29, 0.717) is 5.82 Å². The van der Waals surface area contributed by atoms with Gasteiger partial charge in [0, 0.05) is 27.6 Å². The van der Waals surface area contributed by atoms with Crippen molar-refractivity contribution in [2.24, 2.45) is 0 Å². The Kier molecular flexibility index (Phi) is 6.81. The van der Waals surface area contributed by atoms with Crippen LogP contribution < -0.4 is 0 Å². The molecule has 0 saturated carbocycles. The second-order valence-electron chi connectivity index (χ2n) is 13.0. The van der Waals surface area contributed by atoms with E-state index in [9.17, 15) is 0 Å². The lowest BCUT2D eigenvalue weighted by Crippen LogP contribution is -1.97. The lowest BCUT2D eigenvalue weighted by atomic mass is 9.91. The molecule has 0 unspecified atom stereocenters. The fourth-order valence-corrected chi connectivity index (χ4v) is 7.35. The third kappa shape index (κ3) is 5.15. The third-order valence-electron chi connectivity index (χ3n) is 9.87. The van der Waals surface area contributed by atoms with E-state index < -0.39 is 0 Å². The first kappa shape index (κ1) is 29.1. The predicted molar refractivity (Wildman–Crippen MR) is 212 cm³/mol. The summed E-state index contributed by atoms with van der Waals surface area (Å²) in [7, 11) is 0. The Morgan fingerprint density at radius 3 is 1.82 bits per heavy atom. The topological polar surface area (TPSA) is 38.9 Å². The van der Waals surface area contributed by atoms with Gasteiger partial charge in [-0.1, -0.05) is 152 Å². The van der Waals surface area contributed by atoms with E-state index in [4.69, 9.17) is 14.4 Å². The standard InChI is InChI=1S/C48H30N2O/c1-2-11-31(12-3-1)32-21-23-34(24-22-32)48-49-43(36-16-10-17-37(27-36)46-29-38-15-6-9-20-45(38)51-46)30-44(50-48)47-40-19-8-5-14-35(40)28-42-39-18-7-4-13-33(39)25-26-41(42)47/h1-30H. The van der Waals surface area contributed by atoms with E-state index in [1.807, 2.05) is 24.3 Å². The predicted octanol–water partition coefficient (Wildman–Crippen LogP) is 13.0. The van der Waals surface area contributed by atoms with Crippen LogP contribution in [0, 0.1) is 0 Å². The maximum Gasteiger partial charge on any atom is 0.160 e. The molecule has 8 aromatic carbocycles. The van der Waals surface area contributed by atoms with E-state index >= 15 is 0 Å². The van der Waals surface area contributed by atoms with Crippen molar-refractivity contribution < 1.29 is 4.42 Å². The molecule has 2 heterocycles. The molecular formula is C48H30N2O. The third-order valence-corrected chi connectivity index (χ3v) is 9.87. The summed E-state index contributed by atoms with van der Waals surface area (Å²) >= 11 is 0. The summed E-state index contributed by atoms with van der Waals surface area (Å²) in [5, 5.41) is 8.24. The van der Waals surface area contributed by atoms with Gasteiger partial charge in [-0.05, 0) is 73.8 Å². The molecule has 0 bridgehead atoms. The normalized spacial score (nSPS) is 11.5. The smallest absolute Gasteiger partial charge is 0.160 e. The zero-order chi connectivity index (χ0) is 33.7. The Bertz CT molecular complexity index is 2870. The van der Waals surface area contributed by atoms with Crippen molar-refractivity contribution in [2.45, 2.75) is 0 Å². The highest BCUT2D eigenvalue weighted by molar-refractivity contribution is 6.19. The Hall–Kier alpha value is -6.84. The molecule has 238 valence electrons. The maximum absolute atomic E-state index is 6.28. The highest BCUT2D eigenvalue weighted by Gasteiger charge is 2.18. The van der Waals surface area contributed by atoms with Gasteiger partial charge in [0.2, 0.25) is 0 Å². The fourth-order valence-electron chi connectivity index (χ4n) is 7.35. The highest BCUT2D eigenvalue weighted by Crippen LogP contribution is 2.41. The number of hydrogen-bond acceptors (Lipinski definition) is 3. The lowest BCUT2D eigenvalue weighted by Gasteiger charge is -2.15. The Balaban J connectivity index is 1.21. The van der Waals surface area contributed by atoms with Crippen molar-refractivity contribution in [1.29, 1.82) is 0 Å². The Morgan fingerprint density at radius 1 is 0.333 bits per heavy atom. The van der Waals surface area contributed by atoms with Gasteiger partial charge in [0.15, 0.2) is 5.82 Å². The molecule has 0 atom stereocenters. The lowest BCUT2D eigenvalue weighted by molar-refractivity contribution is 0.631. The zero-order valence-electron chi connectivity index (χ0n) is 27.6. The molecule has 0 fully saturated rings. The van der Waals surface area contributed by atoms with Gasteiger partial charge in [0.1, 0.15) is 11.3 Å². The molecule has 0 amide bonds. The number of benzene rings is 8. The Labute approximate surface area is 295 Å². The number of rotatable bonds is 5. The minimum absolute atomic E-state index is 0.679. The van der Waals surface area contributed by atoms with E-state index in [2.05, 4.69) is 158 Å². The first-order valence-electron chi connectivity index (χ1n) is 17.2. The van der Waals surface area contributed by atoms with E-state index in [1.165, 1.54) is 32.5 Å². The van der Waals surface area contributed by atoms with Gasteiger partial charge < -0.3 is 4.42 Å². The van der Waals surface area contributed by atoms with Gasteiger partial charge in [-0.3, -0.25) is 0 Å². The second kappa shape index (κ2) is 11.9. The summed E-state index contributed by atoms with van der Waals surface area (Å²) in [6.45, 7) is 0. The van der Waals surface area contributed by atoms with Crippen LogP contribution in [0.4, 0.5) is 0 Å². The molecule has 0 saturated heterocycles. The van der Waals surface area contributed by atoms with Crippen LogP contribution in [0.25, 0.3) is 99.6 Å². The average molecular weight is 651 g/mol. The van der Waals surface area contributed by atoms with Crippen LogP contribution in [-0.2, 0) is 0 Å². The molecule has 0 aliphatic rings. The van der Waals surface area contributed by atoms with Gasteiger partial charge in [0.05, 0.1) is 11.4 Å². The van der Waals surface area contributed by atoms with Crippen LogP contribution >= 0.6 is 0 Å². The molecule has 0 spiro atoms. The van der Waals surface area contributed by atoms with Crippen molar-refractivity contribution >= 4 is 43.3 Å². The SMILES string of the molecule is c1ccc(-c2ccc(-c3nc(-c4cccc(-c5cc6ccccc6o5)c4)cc(-c4c5ccccc5cc5c4ccc4ccccc45)n3)cc2)cc1. The minimum atomic E-state index is 0.679. The highest BCUT2D eigenvalue weighted by atomic mass is 16.3. The first-order valence-corrected chi connectivity index (χ1v) is 17.2. The van der Waals surface area contributed by atoms with Gasteiger partial charge in [0.25, 0.3) is 0 Å². The number of fused-ring (bicyclic) bond motifs is 5. The van der Waals surface area contributed by atoms with Crippen molar-refractivity contribution in [3.8, 4) is 56.4 Å². The van der Waals surface area contributed by atoms with Gasteiger partial charge in [-0.2, -0.15) is 0 Å².